The minimum Gasteiger partial charge on any atom is -0.494 e. The number of rotatable bonds is 6. The molecule has 0 aromatic heterocycles. The van der Waals surface area contributed by atoms with E-state index < -0.39 is 0 Å². The van der Waals surface area contributed by atoms with Crippen LogP contribution in [0, 0.1) is 0 Å². The number of hydrogen-bond acceptors (Lipinski definition) is 4. The lowest BCUT2D eigenvalue weighted by Crippen LogP contribution is -2.34. The molecule has 0 saturated heterocycles. The summed E-state index contributed by atoms with van der Waals surface area (Å²) in [5.41, 5.74) is 6.49. The lowest BCUT2D eigenvalue weighted by molar-refractivity contribution is -0.121. The number of amides is 2. The van der Waals surface area contributed by atoms with E-state index in [2.05, 4.69) is 10.6 Å². The number of nitrogen functional groups attached to an aromatic ring is 1. The van der Waals surface area contributed by atoms with E-state index in [0.717, 1.165) is 0 Å². The summed E-state index contributed by atoms with van der Waals surface area (Å²) in [6, 6.07) is 5.05. The van der Waals surface area contributed by atoms with Crippen LogP contribution in [-0.2, 0) is 4.79 Å². The van der Waals surface area contributed by atoms with Crippen molar-refractivity contribution in [3.8, 4) is 5.75 Å². The fraction of sp³-hybridized carbons (Fsp3) is 0.429. The molecule has 1 aromatic carbocycles. The highest BCUT2D eigenvalue weighted by Crippen LogP contribution is 2.25. The topological polar surface area (TPSA) is 93.4 Å². The predicted octanol–water partition coefficient (Wildman–Crippen LogP) is 0.922. The van der Waals surface area contributed by atoms with Crippen LogP contribution in [0.4, 0.5) is 5.69 Å². The molecule has 4 N–H and O–H groups in total. The van der Waals surface area contributed by atoms with Gasteiger partial charge in [0.05, 0.1) is 18.4 Å². The Balaban J connectivity index is 2.56. The van der Waals surface area contributed by atoms with Crippen LogP contribution in [0.3, 0.4) is 0 Å². The van der Waals surface area contributed by atoms with E-state index in [1.165, 1.54) is 7.11 Å². The zero-order valence-electron chi connectivity index (χ0n) is 12.0. The molecule has 20 heavy (non-hydrogen) atoms. The summed E-state index contributed by atoms with van der Waals surface area (Å²) < 4.78 is 5.11. The molecule has 0 saturated carbocycles. The van der Waals surface area contributed by atoms with Crippen LogP contribution < -0.4 is 21.1 Å². The third-order valence-electron chi connectivity index (χ3n) is 2.58. The van der Waals surface area contributed by atoms with Gasteiger partial charge in [-0.15, -0.1) is 0 Å². The first-order valence-electron chi connectivity index (χ1n) is 6.45. The standard InChI is InChI=1S/C14H21N3O3/c1-9(2)17-12(18)7-8-16-14(19)10-5-4-6-11(15)13(10)20-3/h4-6,9H,7-8,15H2,1-3H3,(H,16,19)(H,17,18). The average Bonchev–Trinajstić information content (AvgIpc) is 2.37. The minimum atomic E-state index is -0.313. The van der Waals surface area contributed by atoms with Gasteiger partial charge in [0.1, 0.15) is 0 Å². The fourth-order valence-electron chi connectivity index (χ4n) is 1.74. The Morgan fingerprint density at radius 2 is 2.05 bits per heavy atom. The van der Waals surface area contributed by atoms with Gasteiger partial charge < -0.3 is 21.1 Å². The number of methoxy groups -OCH3 is 1. The molecule has 0 heterocycles. The van der Waals surface area contributed by atoms with Gasteiger partial charge in [0, 0.05) is 19.0 Å². The molecule has 0 fully saturated rings. The van der Waals surface area contributed by atoms with E-state index in [9.17, 15) is 9.59 Å². The van der Waals surface area contributed by atoms with Crippen molar-refractivity contribution < 1.29 is 14.3 Å². The van der Waals surface area contributed by atoms with Gasteiger partial charge in [0.15, 0.2) is 5.75 Å². The maximum absolute atomic E-state index is 12.0. The second-order valence-electron chi connectivity index (χ2n) is 4.66. The van der Waals surface area contributed by atoms with Gasteiger partial charge in [-0.05, 0) is 26.0 Å². The number of anilines is 1. The molecule has 0 spiro atoms. The number of carbonyl (C=O) groups is 2. The summed E-state index contributed by atoms with van der Waals surface area (Å²) in [7, 11) is 1.46. The normalized spacial score (nSPS) is 10.2. The second-order valence-corrected chi connectivity index (χ2v) is 4.66. The van der Waals surface area contributed by atoms with Crippen molar-refractivity contribution in [3.05, 3.63) is 23.8 Å². The fourth-order valence-corrected chi connectivity index (χ4v) is 1.74. The van der Waals surface area contributed by atoms with E-state index in [1.807, 2.05) is 13.8 Å². The van der Waals surface area contributed by atoms with E-state index in [4.69, 9.17) is 10.5 Å². The van der Waals surface area contributed by atoms with Gasteiger partial charge in [-0.2, -0.15) is 0 Å². The number of hydrogen-bond donors (Lipinski definition) is 3. The Morgan fingerprint density at radius 1 is 1.35 bits per heavy atom. The van der Waals surface area contributed by atoms with Crippen LogP contribution in [0.15, 0.2) is 18.2 Å². The summed E-state index contributed by atoms with van der Waals surface area (Å²) in [5, 5.41) is 5.42. The zero-order chi connectivity index (χ0) is 15.1. The van der Waals surface area contributed by atoms with Crippen LogP contribution in [0.25, 0.3) is 0 Å². The summed E-state index contributed by atoms with van der Waals surface area (Å²) in [5.74, 6) is -0.0667. The van der Waals surface area contributed by atoms with Gasteiger partial charge in [0.2, 0.25) is 5.91 Å². The zero-order valence-corrected chi connectivity index (χ0v) is 12.0. The summed E-state index contributed by atoms with van der Waals surface area (Å²) >= 11 is 0. The summed E-state index contributed by atoms with van der Waals surface area (Å²) in [6.45, 7) is 4.03. The largest absolute Gasteiger partial charge is 0.494 e. The lowest BCUT2D eigenvalue weighted by Gasteiger charge is -2.12. The Bertz CT molecular complexity index is 487. The third-order valence-corrected chi connectivity index (χ3v) is 2.58. The highest BCUT2D eigenvalue weighted by atomic mass is 16.5. The number of benzene rings is 1. The maximum Gasteiger partial charge on any atom is 0.255 e. The van der Waals surface area contributed by atoms with Gasteiger partial charge in [0.25, 0.3) is 5.91 Å². The van der Waals surface area contributed by atoms with Gasteiger partial charge in [-0.3, -0.25) is 9.59 Å². The van der Waals surface area contributed by atoms with Crippen molar-refractivity contribution in [1.82, 2.24) is 10.6 Å². The molecule has 0 atom stereocenters. The van der Waals surface area contributed by atoms with E-state index in [1.54, 1.807) is 18.2 Å². The first-order valence-corrected chi connectivity index (χ1v) is 6.45. The third kappa shape index (κ3) is 4.46. The molecule has 110 valence electrons. The first-order chi connectivity index (χ1) is 9.45. The second kappa shape index (κ2) is 7.37. The van der Waals surface area contributed by atoms with Crippen molar-refractivity contribution in [2.24, 2.45) is 0 Å². The molecule has 0 aliphatic rings. The average molecular weight is 279 g/mol. The molecule has 0 bridgehead atoms. The van der Waals surface area contributed by atoms with Gasteiger partial charge in [-0.25, -0.2) is 0 Å². The minimum absolute atomic E-state index is 0.0900. The SMILES string of the molecule is COc1c(N)cccc1C(=O)NCCC(=O)NC(C)C. The molecule has 0 aliphatic heterocycles. The van der Waals surface area contributed by atoms with Crippen LogP contribution in [0.2, 0.25) is 0 Å². The lowest BCUT2D eigenvalue weighted by atomic mass is 10.1. The van der Waals surface area contributed by atoms with Crippen LogP contribution >= 0.6 is 0 Å². The smallest absolute Gasteiger partial charge is 0.255 e. The van der Waals surface area contributed by atoms with Crippen molar-refractivity contribution >= 4 is 17.5 Å². The van der Waals surface area contributed by atoms with Gasteiger partial charge in [-0.1, -0.05) is 6.07 Å². The Morgan fingerprint density at radius 3 is 2.65 bits per heavy atom. The molecule has 2 amide bonds. The molecule has 0 unspecified atom stereocenters. The quantitative estimate of drug-likeness (QED) is 0.675. The molecule has 1 aromatic rings. The maximum atomic E-state index is 12.0. The van der Waals surface area contributed by atoms with E-state index in [-0.39, 0.29) is 30.8 Å². The number of nitrogens with one attached hydrogen (secondary N) is 2. The molecule has 0 radical (unpaired) electrons. The van der Waals surface area contributed by atoms with Crippen LogP contribution in [-0.4, -0.2) is 31.5 Å². The van der Waals surface area contributed by atoms with Crippen LogP contribution in [0.5, 0.6) is 5.75 Å². The number of ether oxygens (including phenoxy) is 1. The van der Waals surface area contributed by atoms with Gasteiger partial charge >= 0.3 is 0 Å². The van der Waals surface area contributed by atoms with E-state index in [0.29, 0.717) is 17.0 Å². The molecule has 0 aliphatic carbocycles. The molecule has 6 heteroatoms. The monoisotopic (exact) mass is 279 g/mol. The highest BCUT2D eigenvalue weighted by molar-refractivity contribution is 5.98. The van der Waals surface area contributed by atoms with Crippen LogP contribution in [0.1, 0.15) is 30.6 Å². The number of carbonyl (C=O) groups excluding carboxylic acids is 2. The number of para-hydroxylation sites is 1. The Labute approximate surface area is 118 Å². The van der Waals surface area contributed by atoms with Crippen molar-refractivity contribution in [3.63, 3.8) is 0 Å². The summed E-state index contributed by atoms with van der Waals surface area (Å²) in [4.78, 5) is 23.4. The van der Waals surface area contributed by atoms with E-state index >= 15 is 0 Å². The summed E-state index contributed by atoms with van der Waals surface area (Å²) in [6.07, 6.45) is 0.231. The molecule has 6 nitrogen and oxygen atoms in total. The Kier molecular flexibility index (Phi) is 5.83. The Hall–Kier alpha value is -2.24. The first kappa shape index (κ1) is 15.8. The molecular weight excluding hydrogens is 258 g/mol. The molecule has 1 rings (SSSR count). The molecular formula is C14H21N3O3. The van der Waals surface area contributed by atoms with Crippen molar-refractivity contribution in [1.29, 1.82) is 0 Å². The number of nitrogens with two attached hydrogens (primary N) is 1. The van der Waals surface area contributed by atoms with Crippen molar-refractivity contribution in [2.75, 3.05) is 19.4 Å². The highest BCUT2D eigenvalue weighted by Gasteiger charge is 2.14. The predicted molar refractivity (Wildman–Crippen MR) is 77.6 cm³/mol. The van der Waals surface area contributed by atoms with Crippen molar-refractivity contribution in [2.45, 2.75) is 26.3 Å².